The van der Waals surface area contributed by atoms with E-state index in [4.69, 9.17) is 5.11 Å². The maximum absolute atomic E-state index is 12.6. The SMILES string of the molecule is CC(C)(C)C1CCc2c(C(=O)NCc3ccc(C(=O)O)cc3)csc2C1. The van der Waals surface area contributed by atoms with Crippen LogP contribution in [0.1, 0.15) is 63.9 Å². The fourth-order valence-electron chi connectivity index (χ4n) is 3.48. The molecule has 1 unspecified atom stereocenters. The van der Waals surface area contributed by atoms with E-state index in [1.54, 1.807) is 35.6 Å². The molecule has 0 fully saturated rings. The van der Waals surface area contributed by atoms with Crippen molar-refractivity contribution < 1.29 is 14.7 Å². The molecule has 0 saturated carbocycles. The van der Waals surface area contributed by atoms with Gasteiger partial charge in [0.25, 0.3) is 5.91 Å². The number of nitrogens with one attached hydrogen (secondary N) is 1. The summed E-state index contributed by atoms with van der Waals surface area (Å²) < 4.78 is 0. The van der Waals surface area contributed by atoms with Crippen molar-refractivity contribution in [2.45, 2.75) is 46.6 Å². The van der Waals surface area contributed by atoms with Gasteiger partial charge in [0.05, 0.1) is 11.1 Å². The first-order chi connectivity index (χ1) is 12.3. The highest BCUT2D eigenvalue weighted by atomic mass is 32.1. The Labute approximate surface area is 158 Å². The highest BCUT2D eigenvalue weighted by molar-refractivity contribution is 7.10. The summed E-state index contributed by atoms with van der Waals surface area (Å²) in [6, 6.07) is 6.59. The van der Waals surface area contributed by atoms with E-state index in [1.807, 2.05) is 5.38 Å². The molecular weight excluding hydrogens is 346 g/mol. The molecule has 0 spiro atoms. The van der Waals surface area contributed by atoms with E-state index in [-0.39, 0.29) is 11.5 Å². The summed E-state index contributed by atoms with van der Waals surface area (Å²) in [5.41, 5.74) is 3.46. The van der Waals surface area contributed by atoms with Crippen LogP contribution in [0.4, 0.5) is 0 Å². The van der Waals surface area contributed by atoms with Crippen LogP contribution in [0, 0.1) is 11.3 Å². The molecule has 1 atom stereocenters. The highest BCUT2D eigenvalue weighted by Crippen LogP contribution is 2.40. The standard InChI is InChI=1S/C21H25NO3S/c1-21(2,3)15-8-9-16-17(12-26-18(16)10-15)19(23)22-11-13-4-6-14(7-5-13)20(24)25/h4-7,12,15H,8-11H2,1-3H3,(H,22,23)(H,24,25). The molecule has 1 heterocycles. The fourth-order valence-corrected chi connectivity index (χ4v) is 4.65. The van der Waals surface area contributed by atoms with Crippen LogP contribution in [0.3, 0.4) is 0 Å². The molecule has 2 N–H and O–H groups in total. The molecule has 0 aliphatic heterocycles. The van der Waals surface area contributed by atoms with Crippen molar-refractivity contribution in [3.63, 3.8) is 0 Å². The third kappa shape index (κ3) is 3.98. The number of fused-ring (bicyclic) bond motifs is 1. The van der Waals surface area contributed by atoms with E-state index in [1.165, 1.54) is 10.4 Å². The third-order valence-corrected chi connectivity index (χ3v) is 6.33. The second-order valence-electron chi connectivity index (χ2n) is 8.04. The molecule has 3 rings (SSSR count). The van der Waals surface area contributed by atoms with Crippen molar-refractivity contribution in [2.75, 3.05) is 0 Å². The van der Waals surface area contributed by atoms with Gasteiger partial charge in [-0.3, -0.25) is 4.79 Å². The lowest BCUT2D eigenvalue weighted by molar-refractivity contribution is 0.0696. The molecule has 1 aliphatic rings. The van der Waals surface area contributed by atoms with Crippen LogP contribution >= 0.6 is 11.3 Å². The van der Waals surface area contributed by atoms with Gasteiger partial charge in [0.2, 0.25) is 0 Å². The minimum atomic E-state index is -0.945. The van der Waals surface area contributed by atoms with Crippen molar-refractivity contribution in [1.82, 2.24) is 5.32 Å². The van der Waals surface area contributed by atoms with E-state index in [9.17, 15) is 9.59 Å². The lowest BCUT2D eigenvalue weighted by Crippen LogP contribution is -2.28. The van der Waals surface area contributed by atoms with Crippen LogP contribution in [0.15, 0.2) is 29.6 Å². The quantitative estimate of drug-likeness (QED) is 0.830. The summed E-state index contributed by atoms with van der Waals surface area (Å²) in [7, 11) is 0. The zero-order valence-electron chi connectivity index (χ0n) is 15.5. The molecule has 0 radical (unpaired) electrons. The zero-order valence-corrected chi connectivity index (χ0v) is 16.3. The smallest absolute Gasteiger partial charge is 0.335 e. The number of aromatic carboxylic acids is 1. The minimum absolute atomic E-state index is 0.0426. The Morgan fingerprint density at radius 2 is 1.92 bits per heavy atom. The van der Waals surface area contributed by atoms with Crippen LogP contribution in [0.2, 0.25) is 0 Å². The molecule has 1 aliphatic carbocycles. The van der Waals surface area contributed by atoms with E-state index in [2.05, 4.69) is 26.1 Å². The summed E-state index contributed by atoms with van der Waals surface area (Å²) in [5, 5.41) is 13.9. The number of hydrogen-bond donors (Lipinski definition) is 2. The Hall–Kier alpha value is -2.14. The van der Waals surface area contributed by atoms with Gasteiger partial charge in [-0.25, -0.2) is 4.79 Å². The first-order valence-electron chi connectivity index (χ1n) is 8.95. The number of benzene rings is 1. The second kappa shape index (κ2) is 7.23. The number of amides is 1. The molecule has 0 saturated heterocycles. The van der Waals surface area contributed by atoms with Gasteiger partial charge in [-0.05, 0) is 53.9 Å². The van der Waals surface area contributed by atoms with Gasteiger partial charge in [-0.2, -0.15) is 0 Å². The van der Waals surface area contributed by atoms with Crippen LogP contribution < -0.4 is 5.32 Å². The maximum atomic E-state index is 12.6. The first-order valence-corrected chi connectivity index (χ1v) is 9.83. The van der Waals surface area contributed by atoms with E-state index >= 15 is 0 Å². The molecule has 1 amide bonds. The molecule has 0 bridgehead atoms. The maximum Gasteiger partial charge on any atom is 0.335 e. The van der Waals surface area contributed by atoms with Gasteiger partial charge in [0, 0.05) is 16.8 Å². The molecule has 1 aromatic carbocycles. The Morgan fingerprint density at radius 3 is 2.54 bits per heavy atom. The van der Waals surface area contributed by atoms with E-state index < -0.39 is 5.97 Å². The molecular formula is C21H25NO3S. The number of rotatable bonds is 4. The predicted octanol–water partition coefficient (Wildman–Crippen LogP) is 4.53. The van der Waals surface area contributed by atoms with Gasteiger partial charge in [0.15, 0.2) is 0 Å². The van der Waals surface area contributed by atoms with Gasteiger partial charge in [-0.15, -0.1) is 11.3 Å². The summed E-state index contributed by atoms with van der Waals surface area (Å²) in [6.45, 7) is 7.27. The van der Waals surface area contributed by atoms with Crippen molar-refractivity contribution in [1.29, 1.82) is 0 Å². The normalized spacial score (nSPS) is 16.8. The molecule has 2 aromatic rings. The molecule has 138 valence electrons. The summed E-state index contributed by atoms with van der Waals surface area (Å²) in [6.07, 6.45) is 3.16. The van der Waals surface area contributed by atoms with Crippen molar-refractivity contribution in [2.24, 2.45) is 11.3 Å². The van der Waals surface area contributed by atoms with Crippen LogP contribution in [0.25, 0.3) is 0 Å². The third-order valence-electron chi connectivity index (χ3n) is 5.28. The summed E-state index contributed by atoms with van der Waals surface area (Å²) >= 11 is 1.70. The number of thiophene rings is 1. The van der Waals surface area contributed by atoms with Gasteiger partial charge in [-0.1, -0.05) is 32.9 Å². The summed E-state index contributed by atoms with van der Waals surface area (Å²) in [4.78, 5) is 24.8. The number of carboxylic acid groups (broad SMARTS) is 1. The number of carboxylic acids is 1. The van der Waals surface area contributed by atoms with E-state index in [0.29, 0.717) is 17.9 Å². The highest BCUT2D eigenvalue weighted by Gasteiger charge is 2.31. The first kappa shape index (κ1) is 18.6. The topological polar surface area (TPSA) is 66.4 Å². The lowest BCUT2D eigenvalue weighted by Gasteiger charge is -2.34. The average Bonchev–Trinajstić information content (AvgIpc) is 3.02. The van der Waals surface area contributed by atoms with Crippen molar-refractivity contribution in [3.8, 4) is 0 Å². The number of carbonyl (C=O) groups excluding carboxylic acids is 1. The van der Waals surface area contributed by atoms with Gasteiger partial charge >= 0.3 is 5.97 Å². The van der Waals surface area contributed by atoms with Crippen molar-refractivity contribution >= 4 is 23.2 Å². The number of hydrogen-bond acceptors (Lipinski definition) is 3. The van der Waals surface area contributed by atoms with Gasteiger partial charge in [0.1, 0.15) is 0 Å². The lowest BCUT2D eigenvalue weighted by atomic mass is 9.72. The van der Waals surface area contributed by atoms with Crippen LogP contribution in [0.5, 0.6) is 0 Å². The Kier molecular flexibility index (Phi) is 5.19. The monoisotopic (exact) mass is 371 g/mol. The molecule has 1 aromatic heterocycles. The zero-order chi connectivity index (χ0) is 18.9. The molecule has 26 heavy (non-hydrogen) atoms. The van der Waals surface area contributed by atoms with E-state index in [0.717, 1.165) is 30.4 Å². The Balaban J connectivity index is 1.65. The Bertz CT molecular complexity index is 815. The van der Waals surface area contributed by atoms with Crippen LogP contribution in [-0.4, -0.2) is 17.0 Å². The summed E-state index contributed by atoms with van der Waals surface area (Å²) in [5.74, 6) is -0.324. The van der Waals surface area contributed by atoms with Crippen LogP contribution in [-0.2, 0) is 19.4 Å². The van der Waals surface area contributed by atoms with Gasteiger partial charge < -0.3 is 10.4 Å². The fraction of sp³-hybridized carbons (Fsp3) is 0.429. The minimum Gasteiger partial charge on any atom is -0.478 e. The van der Waals surface area contributed by atoms with Crippen molar-refractivity contribution in [3.05, 3.63) is 56.8 Å². The number of carbonyl (C=O) groups is 2. The second-order valence-corrected chi connectivity index (χ2v) is 9.01. The largest absolute Gasteiger partial charge is 0.478 e. The molecule has 4 nitrogen and oxygen atoms in total. The Morgan fingerprint density at radius 1 is 1.23 bits per heavy atom. The predicted molar refractivity (Wildman–Crippen MR) is 104 cm³/mol. The molecule has 5 heteroatoms. The average molecular weight is 372 g/mol.